The van der Waals surface area contributed by atoms with E-state index >= 15 is 0 Å². The van der Waals surface area contributed by atoms with Gasteiger partial charge in [0.15, 0.2) is 0 Å². The molecular weight excluding hydrogens is 642 g/mol. The number of para-hydroxylation sites is 1. The summed E-state index contributed by atoms with van der Waals surface area (Å²) in [7, 11) is 2.08. The molecule has 1 amide bonds. The summed E-state index contributed by atoms with van der Waals surface area (Å²) in [6, 6.07) is 18.0. The molecule has 1 aromatic heterocycles. The summed E-state index contributed by atoms with van der Waals surface area (Å²) in [5, 5.41) is 37.1. The number of anilines is 2. The zero-order valence-corrected chi connectivity index (χ0v) is 24.4. The van der Waals surface area contributed by atoms with E-state index in [1.165, 1.54) is 0 Å². The molecule has 18 heteroatoms. The fourth-order valence-corrected chi connectivity index (χ4v) is 3.91. The average molecular weight is 671 g/mol. The van der Waals surface area contributed by atoms with Crippen LogP contribution in [0.1, 0.15) is 5.56 Å². The van der Waals surface area contributed by atoms with Gasteiger partial charge in [0, 0.05) is 43.0 Å². The first-order valence-electron chi connectivity index (χ1n) is 13.2. The number of alkyl halides is 6. The number of piperazine rings is 1. The van der Waals surface area contributed by atoms with E-state index in [9.17, 15) is 41.5 Å². The van der Waals surface area contributed by atoms with Crippen LogP contribution in [0.2, 0.25) is 0 Å². The number of carbonyl (C=O) groups is 3. The number of carboxylic acids is 2. The number of hydrogen-bond acceptors (Lipinski definition) is 9. The number of benzene rings is 2. The molecule has 0 bridgehead atoms. The van der Waals surface area contributed by atoms with Crippen LogP contribution in [0.5, 0.6) is 5.75 Å². The highest BCUT2D eigenvalue weighted by Gasteiger charge is 2.38. The predicted molar refractivity (Wildman–Crippen MR) is 156 cm³/mol. The number of rotatable bonds is 5. The Morgan fingerprint density at radius 1 is 0.915 bits per heavy atom. The molecule has 0 spiro atoms. The van der Waals surface area contributed by atoms with Crippen LogP contribution in [0.25, 0.3) is 22.4 Å². The van der Waals surface area contributed by atoms with E-state index < -0.39 is 24.3 Å². The van der Waals surface area contributed by atoms with Crippen LogP contribution in [-0.4, -0.2) is 100 Å². The van der Waals surface area contributed by atoms with Crippen molar-refractivity contribution >= 4 is 29.4 Å². The number of nitrogen functional groups attached to an aromatic ring is 1. The van der Waals surface area contributed by atoms with Crippen LogP contribution < -0.4 is 11.1 Å². The number of halogens is 6. The highest BCUT2D eigenvalue weighted by molar-refractivity contribution is 5.93. The molecule has 6 N–H and O–H groups in total. The molecule has 1 saturated heterocycles. The van der Waals surface area contributed by atoms with Crippen molar-refractivity contribution in [2.75, 3.05) is 50.8 Å². The van der Waals surface area contributed by atoms with E-state index in [4.69, 9.17) is 25.5 Å². The van der Waals surface area contributed by atoms with Crippen molar-refractivity contribution in [3.8, 4) is 34.2 Å². The number of nitrogens with zero attached hydrogens (tertiary/aromatic N) is 4. The molecule has 2 aromatic carbocycles. The number of likely N-dealkylation sites (N-methyl/N-ethyl adjacent to an activating group) is 1. The van der Waals surface area contributed by atoms with Crippen molar-refractivity contribution in [3.63, 3.8) is 0 Å². The quantitative estimate of drug-likeness (QED) is 0.246. The van der Waals surface area contributed by atoms with Gasteiger partial charge in [-0.25, -0.2) is 14.6 Å². The maximum Gasteiger partial charge on any atom is 0.490 e. The summed E-state index contributed by atoms with van der Waals surface area (Å²) < 4.78 is 63.5. The second kappa shape index (κ2) is 16.2. The Balaban J connectivity index is 0.000000459. The Labute approximate surface area is 263 Å². The lowest BCUT2D eigenvalue weighted by atomic mass is 9.98. The number of phenols is 1. The number of hydrogen-bond donors (Lipinski definition) is 5. The van der Waals surface area contributed by atoms with Gasteiger partial charge in [-0.1, -0.05) is 24.3 Å². The molecule has 3 aromatic rings. The van der Waals surface area contributed by atoms with E-state index in [1.54, 1.807) is 30.3 Å². The van der Waals surface area contributed by atoms with Crippen molar-refractivity contribution in [2.45, 2.75) is 12.4 Å². The molecule has 0 saturated carbocycles. The summed E-state index contributed by atoms with van der Waals surface area (Å²) in [5.41, 5.74) is 9.26. The molecule has 2 heterocycles. The molecule has 0 atom stereocenters. The van der Waals surface area contributed by atoms with Crippen LogP contribution in [0.15, 0.2) is 54.6 Å². The van der Waals surface area contributed by atoms with Gasteiger partial charge in [-0.2, -0.15) is 31.6 Å². The molecule has 0 radical (unpaired) electrons. The molecule has 47 heavy (non-hydrogen) atoms. The first-order chi connectivity index (χ1) is 21.8. The smallest absolute Gasteiger partial charge is 0.490 e. The number of amides is 1. The number of nitrogens with two attached hydrogens (primary N) is 1. The number of pyridine rings is 1. The van der Waals surface area contributed by atoms with Gasteiger partial charge in [0.1, 0.15) is 23.2 Å². The zero-order chi connectivity index (χ0) is 35.5. The lowest BCUT2D eigenvalue weighted by Gasteiger charge is -2.31. The van der Waals surface area contributed by atoms with Crippen LogP contribution in [-0.2, 0) is 14.4 Å². The molecule has 12 nitrogen and oxygen atoms in total. The molecule has 1 aliphatic rings. The van der Waals surface area contributed by atoms with E-state index in [1.807, 2.05) is 24.3 Å². The van der Waals surface area contributed by atoms with Gasteiger partial charge in [-0.15, -0.1) is 0 Å². The average Bonchev–Trinajstić information content (AvgIpc) is 2.98. The molecule has 1 fully saturated rings. The fourth-order valence-electron chi connectivity index (χ4n) is 3.91. The number of nitriles is 1. The van der Waals surface area contributed by atoms with Crippen molar-refractivity contribution in [1.82, 2.24) is 14.8 Å². The van der Waals surface area contributed by atoms with Gasteiger partial charge < -0.3 is 31.3 Å². The topological polar surface area (TPSA) is 193 Å². The van der Waals surface area contributed by atoms with E-state index in [0.717, 1.165) is 31.7 Å². The maximum atomic E-state index is 12.6. The number of aromatic nitrogens is 1. The summed E-state index contributed by atoms with van der Waals surface area (Å²) in [5.74, 6) is -5.44. The molecule has 252 valence electrons. The van der Waals surface area contributed by atoms with Gasteiger partial charge in [0.05, 0.1) is 12.2 Å². The summed E-state index contributed by atoms with van der Waals surface area (Å²) in [6.07, 6.45) is -10.2. The van der Waals surface area contributed by atoms with Crippen molar-refractivity contribution in [2.24, 2.45) is 0 Å². The van der Waals surface area contributed by atoms with Crippen LogP contribution in [0.3, 0.4) is 0 Å². The van der Waals surface area contributed by atoms with Crippen LogP contribution in [0.4, 0.5) is 37.8 Å². The Bertz CT molecular complexity index is 1590. The van der Waals surface area contributed by atoms with Crippen molar-refractivity contribution < 1.29 is 56.0 Å². The predicted octanol–water partition coefficient (Wildman–Crippen LogP) is 4.03. The zero-order valence-electron chi connectivity index (χ0n) is 24.4. The van der Waals surface area contributed by atoms with E-state index in [2.05, 4.69) is 33.2 Å². The monoisotopic (exact) mass is 670 g/mol. The minimum Gasteiger partial charge on any atom is -0.507 e. The first kappa shape index (κ1) is 37.8. The van der Waals surface area contributed by atoms with Crippen molar-refractivity contribution in [3.05, 3.63) is 60.2 Å². The van der Waals surface area contributed by atoms with Gasteiger partial charge >= 0.3 is 24.3 Å². The second-order valence-electron chi connectivity index (χ2n) is 9.76. The second-order valence-corrected chi connectivity index (χ2v) is 9.76. The minimum absolute atomic E-state index is 0.0741. The number of aliphatic carboxylic acids is 2. The number of carbonyl (C=O) groups excluding carboxylic acids is 1. The summed E-state index contributed by atoms with van der Waals surface area (Å²) in [6.45, 7) is 3.95. The lowest BCUT2D eigenvalue weighted by molar-refractivity contribution is -0.193. The molecule has 1 aliphatic heterocycles. The third-order valence-corrected chi connectivity index (χ3v) is 6.24. The third-order valence-electron chi connectivity index (χ3n) is 6.24. The molecule has 0 unspecified atom stereocenters. The summed E-state index contributed by atoms with van der Waals surface area (Å²) in [4.78, 5) is 39.1. The van der Waals surface area contributed by atoms with Crippen LogP contribution >= 0.6 is 0 Å². The lowest BCUT2D eigenvalue weighted by Crippen LogP contribution is -2.47. The van der Waals surface area contributed by atoms with Crippen LogP contribution in [0, 0.1) is 11.3 Å². The van der Waals surface area contributed by atoms with E-state index in [-0.39, 0.29) is 23.0 Å². The number of nitrogens with one attached hydrogen (secondary N) is 1. The molecule has 0 aliphatic carbocycles. The Hall–Kier alpha value is -5.41. The molecule has 4 rings (SSSR count). The minimum atomic E-state index is -5.08. The number of phenolic OH excluding ortho intramolecular Hbond substituents is 1. The first-order valence-corrected chi connectivity index (χ1v) is 13.2. The third kappa shape index (κ3) is 11.8. The number of aromatic hydroxyl groups is 1. The Morgan fingerprint density at radius 2 is 1.47 bits per heavy atom. The largest absolute Gasteiger partial charge is 0.507 e. The van der Waals surface area contributed by atoms with Gasteiger partial charge in [0.25, 0.3) is 0 Å². The van der Waals surface area contributed by atoms with Gasteiger partial charge in [-0.05, 0) is 42.9 Å². The van der Waals surface area contributed by atoms with Crippen molar-refractivity contribution in [1.29, 1.82) is 5.26 Å². The molecular formula is C29H28F6N6O6. The van der Waals surface area contributed by atoms with Gasteiger partial charge in [0.2, 0.25) is 5.91 Å². The highest BCUT2D eigenvalue weighted by atomic mass is 19.4. The fraction of sp³-hybridized carbons (Fsp3) is 0.276. The number of carboxylic acid groups (broad SMARTS) is 2. The summed E-state index contributed by atoms with van der Waals surface area (Å²) >= 11 is 0. The highest BCUT2D eigenvalue weighted by Crippen LogP contribution is 2.35. The maximum absolute atomic E-state index is 12.6. The normalized spacial score (nSPS) is 13.6. The Kier molecular flexibility index (Phi) is 13.1. The van der Waals surface area contributed by atoms with Gasteiger partial charge in [-0.3, -0.25) is 9.69 Å². The SMILES string of the molecule is CN1CCN(CC(=O)Nc2cccc(-c3cc(-c4ccccc4O)nc(N)c3C#N)c2)CC1.O=C(O)C(F)(F)F.O=C(O)C(F)(F)F. The standard InChI is InChI=1S/C25H26N6O2.2C2HF3O2/c1-30-9-11-31(12-10-30)16-24(33)28-18-6-4-5-17(13-18)20-14-22(29-25(27)21(20)15-26)19-7-2-3-8-23(19)32;2*3-2(4,5)1(6)7/h2-8,13-14,32H,9-12,16H2,1H3,(H2,27,29)(H,28,33);2*(H,6,7). The Morgan fingerprint density at radius 3 is 1.98 bits per heavy atom. The van der Waals surface area contributed by atoms with E-state index in [0.29, 0.717) is 29.1 Å².